The number of pyridine rings is 1. The summed E-state index contributed by atoms with van der Waals surface area (Å²) in [5, 5.41) is 9.04. The molecule has 1 aromatic carbocycles. The number of nitrogens with one attached hydrogen (secondary N) is 1. The second kappa shape index (κ2) is 10.6. The van der Waals surface area contributed by atoms with Gasteiger partial charge in [-0.25, -0.2) is 9.67 Å². The van der Waals surface area contributed by atoms with Crippen molar-refractivity contribution in [3.8, 4) is 11.3 Å². The number of fused-ring (bicyclic) bond motifs is 1. The van der Waals surface area contributed by atoms with Crippen molar-refractivity contribution in [3.05, 3.63) is 42.1 Å². The van der Waals surface area contributed by atoms with Gasteiger partial charge in [0.1, 0.15) is 0 Å². The zero-order valence-electron chi connectivity index (χ0n) is 20.7. The fraction of sp³-hybridized carbons (Fsp3) is 0.538. The number of hydrogen-bond donors (Lipinski definition) is 1. The fourth-order valence-electron chi connectivity index (χ4n) is 4.64. The molecule has 0 atom stereocenters. The predicted octanol–water partition coefficient (Wildman–Crippen LogP) is 3.95. The highest BCUT2D eigenvalue weighted by atomic mass is 16.5. The van der Waals surface area contributed by atoms with Gasteiger partial charge in [0.25, 0.3) is 0 Å². The van der Waals surface area contributed by atoms with Gasteiger partial charge in [0.2, 0.25) is 0 Å². The predicted molar refractivity (Wildman–Crippen MR) is 136 cm³/mol. The molecule has 0 spiro atoms. The summed E-state index contributed by atoms with van der Waals surface area (Å²) in [6.45, 7) is 9.20. The van der Waals surface area contributed by atoms with Crippen LogP contribution < -0.4 is 10.2 Å². The molecule has 0 amide bonds. The van der Waals surface area contributed by atoms with Gasteiger partial charge in [0.05, 0.1) is 29.1 Å². The molecular formula is C26H38N6O. The van der Waals surface area contributed by atoms with Gasteiger partial charge in [-0.15, -0.1) is 0 Å². The van der Waals surface area contributed by atoms with E-state index in [0.29, 0.717) is 6.10 Å². The molecule has 7 heteroatoms. The summed E-state index contributed by atoms with van der Waals surface area (Å²) in [6.07, 6.45) is 4.43. The topological polar surface area (TPSA) is 58.4 Å². The molecule has 0 aliphatic carbocycles. The van der Waals surface area contributed by atoms with Crippen LogP contribution in [-0.4, -0.2) is 73.2 Å². The lowest BCUT2D eigenvalue weighted by Gasteiger charge is -2.33. The zero-order valence-corrected chi connectivity index (χ0v) is 20.7. The van der Waals surface area contributed by atoms with E-state index in [2.05, 4.69) is 66.3 Å². The van der Waals surface area contributed by atoms with Crippen LogP contribution in [-0.2, 0) is 11.3 Å². The maximum absolute atomic E-state index is 5.60. The van der Waals surface area contributed by atoms with E-state index in [1.807, 2.05) is 25.0 Å². The van der Waals surface area contributed by atoms with Crippen molar-refractivity contribution in [2.24, 2.45) is 0 Å². The molecule has 7 nitrogen and oxygen atoms in total. The molecular weight excluding hydrogens is 412 g/mol. The average molecular weight is 451 g/mol. The maximum atomic E-state index is 5.60. The number of rotatable bonds is 9. The first-order valence-electron chi connectivity index (χ1n) is 12.1. The van der Waals surface area contributed by atoms with Gasteiger partial charge >= 0.3 is 0 Å². The molecule has 3 aromatic rings. The number of hydrogen-bond acceptors (Lipinski definition) is 6. The summed E-state index contributed by atoms with van der Waals surface area (Å²) in [4.78, 5) is 9.92. The van der Waals surface area contributed by atoms with E-state index in [1.54, 1.807) is 0 Å². The number of piperidine rings is 1. The molecule has 33 heavy (non-hydrogen) atoms. The van der Waals surface area contributed by atoms with Crippen LogP contribution in [0.3, 0.4) is 0 Å². The lowest BCUT2D eigenvalue weighted by atomic mass is 10.0. The van der Waals surface area contributed by atoms with Crippen molar-refractivity contribution in [2.45, 2.75) is 45.4 Å². The summed E-state index contributed by atoms with van der Waals surface area (Å²) in [5.74, 6) is 0. The van der Waals surface area contributed by atoms with Crippen molar-refractivity contribution in [2.75, 3.05) is 52.3 Å². The lowest BCUT2D eigenvalue weighted by molar-refractivity contribution is 0.0819. The molecule has 0 saturated carbocycles. The Bertz CT molecular complexity index is 1050. The molecule has 2 aromatic heterocycles. The van der Waals surface area contributed by atoms with Crippen LogP contribution >= 0.6 is 0 Å². The summed E-state index contributed by atoms with van der Waals surface area (Å²) < 4.78 is 7.64. The van der Waals surface area contributed by atoms with Gasteiger partial charge in [0, 0.05) is 51.4 Å². The lowest BCUT2D eigenvalue weighted by Crippen LogP contribution is -2.36. The van der Waals surface area contributed by atoms with Gasteiger partial charge in [-0.05, 0) is 58.5 Å². The second-order valence-electron chi connectivity index (χ2n) is 9.41. The van der Waals surface area contributed by atoms with E-state index in [-0.39, 0.29) is 6.04 Å². The summed E-state index contributed by atoms with van der Waals surface area (Å²) in [7, 11) is 5.98. The molecule has 0 bridgehead atoms. The van der Waals surface area contributed by atoms with E-state index in [0.717, 1.165) is 67.9 Å². The SMILES string of the molecule is CNCCN(C)Cc1cccc(-c2cc(N3CCC(OC)CC3)c3cnn(C(C)C)c3n2)c1. The quantitative estimate of drug-likeness (QED) is 0.533. The molecule has 1 aliphatic rings. The number of benzene rings is 1. The highest BCUT2D eigenvalue weighted by molar-refractivity contribution is 5.92. The second-order valence-corrected chi connectivity index (χ2v) is 9.41. The van der Waals surface area contributed by atoms with E-state index < -0.39 is 0 Å². The Balaban J connectivity index is 1.71. The van der Waals surface area contributed by atoms with Crippen LogP contribution in [0.1, 0.15) is 38.3 Å². The van der Waals surface area contributed by atoms with Gasteiger partial charge < -0.3 is 19.9 Å². The summed E-state index contributed by atoms with van der Waals surface area (Å²) in [5.41, 5.74) is 5.65. The Morgan fingerprint density at radius 1 is 1.21 bits per heavy atom. The first kappa shape index (κ1) is 23.7. The van der Waals surface area contributed by atoms with Crippen LogP contribution in [0.4, 0.5) is 5.69 Å². The molecule has 178 valence electrons. The number of likely N-dealkylation sites (N-methyl/N-ethyl adjacent to an activating group) is 2. The van der Waals surface area contributed by atoms with Crippen LogP contribution in [0.2, 0.25) is 0 Å². The van der Waals surface area contributed by atoms with Crippen molar-refractivity contribution >= 4 is 16.7 Å². The normalized spacial score (nSPS) is 15.3. The van der Waals surface area contributed by atoms with Gasteiger partial charge in [0.15, 0.2) is 5.65 Å². The van der Waals surface area contributed by atoms with Crippen molar-refractivity contribution < 1.29 is 4.74 Å². The number of anilines is 1. The first-order valence-corrected chi connectivity index (χ1v) is 12.1. The fourth-order valence-corrected chi connectivity index (χ4v) is 4.64. The molecule has 1 N–H and O–H groups in total. The van der Waals surface area contributed by atoms with Gasteiger partial charge in [-0.2, -0.15) is 5.10 Å². The van der Waals surface area contributed by atoms with Crippen molar-refractivity contribution in [1.82, 2.24) is 25.0 Å². The Kier molecular flexibility index (Phi) is 7.63. The van der Waals surface area contributed by atoms with Gasteiger partial charge in [-0.1, -0.05) is 18.2 Å². The van der Waals surface area contributed by atoms with Crippen LogP contribution in [0, 0.1) is 0 Å². The monoisotopic (exact) mass is 450 g/mol. The third-order valence-electron chi connectivity index (χ3n) is 6.57. The number of methoxy groups -OCH3 is 1. The smallest absolute Gasteiger partial charge is 0.160 e. The van der Waals surface area contributed by atoms with Crippen LogP contribution in [0.5, 0.6) is 0 Å². The van der Waals surface area contributed by atoms with E-state index >= 15 is 0 Å². The Morgan fingerprint density at radius 3 is 2.70 bits per heavy atom. The standard InChI is InChI=1S/C26H38N6O/c1-19(2)32-26-23(17-28-32)25(31-12-9-22(33-5)10-13-31)16-24(29-26)21-8-6-7-20(15-21)18-30(4)14-11-27-3/h6-8,15-17,19,22,27H,9-14,18H2,1-5H3. The van der Waals surface area contributed by atoms with E-state index in [9.17, 15) is 0 Å². The molecule has 4 rings (SSSR count). The largest absolute Gasteiger partial charge is 0.381 e. The Labute approximate surface area is 197 Å². The minimum absolute atomic E-state index is 0.254. The van der Waals surface area contributed by atoms with E-state index in [4.69, 9.17) is 14.8 Å². The molecule has 0 unspecified atom stereocenters. The third kappa shape index (κ3) is 5.37. The minimum atomic E-state index is 0.254. The number of nitrogens with zero attached hydrogens (tertiary/aromatic N) is 5. The average Bonchev–Trinajstić information content (AvgIpc) is 3.27. The third-order valence-corrected chi connectivity index (χ3v) is 6.57. The van der Waals surface area contributed by atoms with Crippen LogP contribution in [0.25, 0.3) is 22.3 Å². The Hall–Kier alpha value is -2.48. The summed E-state index contributed by atoms with van der Waals surface area (Å²) in [6, 6.07) is 11.3. The molecule has 1 aliphatic heterocycles. The highest BCUT2D eigenvalue weighted by Crippen LogP contribution is 2.34. The molecule has 1 fully saturated rings. The number of aromatic nitrogens is 3. The van der Waals surface area contributed by atoms with E-state index in [1.165, 1.54) is 11.3 Å². The number of ether oxygens (including phenoxy) is 1. The Morgan fingerprint density at radius 2 is 2.00 bits per heavy atom. The van der Waals surface area contributed by atoms with Gasteiger partial charge in [-0.3, -0.25) is 0 Å². The van der Waals surface area contributed by atoms with Crippen molar-refractivity contribution in [3.63, 3.8) is 0 Å². The summed E-state index contributed by atoms with van der Waals surface area (Å²) >= 11 is 0. The van der Waals surface area contributed by atoms with Crippen molar-refractivity contribution in [1.29, 1.82) is 0 Å². The maximum Gasteiger partial charge on any atom is 0.160 e. The van der Waals surface area contributed by atoms with Crippen LogP contribution in [0.15, 0.2) is 36.5 Å². The minimum Gasteiger partial charge on any atom is -0.381 e. The first-order chi connectivity index (χ1) is 16.0. The molecule has 1 saturated heterocycles. The highest BCUT2D eigenvalue weighted by Gasteiger charge is 2.23. The zero-order chi connectivity index (χ0) is 23.4. The molecule has 3 heterocycles. The molecule has 0 radical (unpaired) electrons.